The maximum Gasteiger partial charge on any atom is 0.251 e. The number of carbonyl (C=O) groups is 2. The number of benzene rings is 2. The van der Waals surface area contributed by atoms with E-state index in [0.717, 1.165) is 0 Å². The van der Waals surface area contributed by atoms with Crippen LogP contribution in [0.15, 0.2) is 72.4 Å². The maximum absolute atomic E-state index is 13.3. The SMILES string of the molecule is C=CCn1c(SCC(=O)Nc2cccc(F)c2)nnc1[C@H](C)NC(=O)c1ccccc1. The van der Waals surface area contributed by atoms with Crippen LogP contribution in [0.1, 0.15) is 29.1 Å². The first-order valence-corrected chi connectivity index (χ1v) is 10.5. The Hall–Kier alpha value is -3.46. The molecule has 0 fully saturated rings. The van der Waals surface area contributed by atoms with Crippen LogP contribution in [-0.2, 0) is 11.3 Å². The third kappa shape index (κ3) is 6.02. The lowest BCUT2D eigenvalue weighted by Gasteiger charge is -2.15. The van der Waals surface area contributed by atoms with Gasteiger partial charge in [0.15, 0.2) is 11.0 Å². The zero-order valence-corrected chi connectivity index (χ0v) is 17.7. The van der Waals surface area contributed by atoms with E-state index in [9.17, 15) is 14.0 Å². The normalized spacial score (nSPS) is 11.5. The van der Waals surface area contributed by atoms with E-state index in [4.69, 9.17) is 0 Å². The standard InChI is InChI=1S/C22H22FN5O2S/c1-3-12-28-20(15(2)24-21(30)16-8-5-4-6-9-16)26-27-22(28)31-14-19(29)25-18-11-7-10-17(23)13-18/h3-11,13,15H,1,12,14H2,2H3,(H,24,30)(H,25,29)/t15-/m0/s1. The Morgan fingerprint density at radius 3 is 2.68 bits per heavy atom. The van der Waals surface area contributed by atoms with Gasteiger partial charge in [-0.25, -0.2) is 4.39 Å². The van der Waals surface area contributed by atoms with Gasteiger partial charge >= 0.3 is 0 Å². The zero-order chi connectivity index (χ0) is 22.2. The van der Waals surface area contributed by atoms with Gasteiger partial charge in [0.1, 0.15) is 5.82 Å². The minimum Gasteiger partial charge on any atom is -0.342 e. The molecule has 2 N–H and O–H groups in total. The third-order valence-electron chi connectivity index (χ3n) is 4.27. The fourth-order valence-electron chi connectivity index (χ4n) is 2.86. The molecule has 0 bridgehead atoms. The molecule has 0 saturated carbocycles. The van der Waals surface area contributed by atoms with E-state index in [2.05, 4.69) is 27.4 Å². The molecule has 0 spiro atoms. The Bertz CT molecular complexity index is 1070. The molecule has 0 aliphatic heterocycles. The number of amides is 2. The predicted octanol–water partition coefficient (Wildman–Crippen LogP) is 3.83. The number of halogens is 1. The summed E-state index contributed by atoms with van der Waals surface area (Å²) in [6.07, 6.45) is 1.69. The average Bonchev–Trinajstić information content (AvgIpc) is 3.16. The van der Waals surface area contributed by atoms with E-state index in [-0.39, 0.29) is 17.6 Å². The van der Waals surface area contributed by atoms with E-state index < -0.39 is 11.9 Å². The summed E-state index contributed by atoms with van der Waals surface area (Å²) in [6, 6.07) is 14.2. The number of hydrogen-bond acceptors (Lipinski definition) is 5. The molecule has 0 saturated heterocycles. The second-order valence-electron chi connectivity index (χ2n) is 6.65. The molecule has 2 aromatic carbocycles. The summed E-state index contributed by atoms with van der Waals surface area (Å²) in [5, 5.41) is 14.4. The second-order valence-corrected chi connectivity index (χ2v) is 7.59. The van der Waals surface area contributed by atoms with Gasteiger partial charge in [0.25, 0.3) is 5.91 Å². The molecule has 160 valence electrons. The molecule has 0 aliphatic carbocycles. The molecule has 2 amide bonds. The van der Waals surface area contributed by atoms with Crippen molar-refractivity contribution in [3.63, 3.8) is 0 Å². The highest BCUT2D eigenvalue weighted by molar-refractivity contribution is 7.99. The number of allylic oxidation sites excluding steroid dienone is 1. The first-order valence-electron chi connectivity index (χ1n) is 9.56. The number of carbonyl (C=O) groups excluding carboxylic acids is 2. The zero-order valence-electron chi connectivity index (χ0n) is 16.9. The molecule has 1 heterocycles. The molecule has 3 aromatic rings. The quantitative estimate of drug-likeness (QED) is 0.391. The summed E-state index contributed by atoms with van der Waals surface area (Å²) in [6.45, 7) is 5.99. The van der Waals surface area contributed by atoms with Crippen LogP contribution in [0.4, 0.5) is 10.1 Å². The van der Waals surface area contributed by atoms with Crippen molar-refractivity contribution in [1.29, 1.82) is 0 Å². The minimum atomic E-state index is -0.424. The molecular weight excluding hydrogens is 417 g/mol. The van der Waals surface area contributed by atoms with Gasteiger partial charge < -0.3 is 15.2 Å². The van der Waals surface area contributed by atoms with E-state index in [1.54, 1.807) is 41.0 Å². The number of aromatic nitrogens is 3. The summed E-state index contributed by atoms with van der Waals surface area (Å²) >= 11 is 1.20. The smallest absolute Gasteiger partial charge is 0.251 e. The molecule has 9 heteroatoms. The van der Waals surface area contributed by atoms with Gasteiger partial charge in [-0.3, -0.25) is 9.59 Å². The Labute approximate surface area is 183 Å². The topological polar surface area (TPSA) is 88.9 Å². The van der Waals surface area contributed by atoms with Crippen molar-refractivity contribution in [2.24, 2.45) is 0 Å². The molecule has 1 aromatic heterocycles. The Balaban J connectivity index is 1.66. The molecule has 0 radical (unpaired) electrons. The van der Waals surface area contributed by atoms with Crippen molar-refractivity contribution in [3.05, 3.63) is 84.5 Å². The Morgan fingerprint density at radius 2 is 1.97 bits per heavy atom. The number of hydrogen-bond donors (Lipinski definition) is 2. The van der Waals surface area contributed by atoms with E-state index in [0.29, 0.717) is 28.8 Å². The van der Waals surface area contributed by atoms with Crippen LogP contribution < -0.4 is 10.6 Å². The van der Waals surface area contributed by atoms with Crippen LogP contribution in [0, 0.1) is 5.82 Å². The molecule has 0 aliphatic rings. The van der Waals surface area contributed by atoms with Crippen LogP contribution >= 0.6 is 11.8 Å². The molecule has 0 unspecified atom stereocenters. The van der Waals surface area contributed by atoms with Gasteiger partial charge in [0, 0.05) is 17.8 Å². The van der Waals surface area contributed by atoms with E-state index in [1.165, 1.54) is 30.0 Å². The fraction of sp³-hybridized carbons (Fsp3) is 0.182. The largest absolute Gasteiger partial charge is 0.342 e. The third-order valence-corrected chi connectivity index (χ3v) is 5.24. The number of thioether (sulfide) groups is 1. The summed E-state index contributed by atoms with van der Waals surface area (Å²) in [4.78, 5) is 24.7. The first kappa shape index (κ1) is 22.2. The van der Waals surface area contributed by atoms with Gasteiger partial charge in [-0.05, 0) is 37.3 Å². The molecule has 1 atom stereocenters. The fourth-order valence-corrected chi connectivity index (χ4v) is 3.61. The Kier molecular flexibility index (Phi) is 7.55. The van der Waals surface area contributed by atoms with Crippen molar-refractivity contribution in [3.8, 4) is 0 Å². The van der Waals surface area contributed by atoms with Gasteiger partial charge in [-0.1, -0.05) is 42.1 Å². The molecule has 7 nitrogen and oxygen atoms in total. The number of nitrogens with one attached hydrogen (secondary N) is 2. The predicted molar refractivity (Wildman–Crippen MR) is 118 cm³/mol. The highest BCUT2D eigenvalue weighted by Gasteiger charge is 2.20. The van der Waals surface area contributed by atoms with E-state index >= 15 is 0 Å². The summed E-state index contributed by atoms with van der Waals surface area (Å²) in [7, 11) is 0. The lowest BCUT2D eigenvalue weighted by atomic mass is 10.2. The minimum absolute atomic E-state index is 0.0660. The van der Waals surface area contributed by atoms with Gasteiger partial charge in [0.2, 0.25) is 5.91 Å². The summed E-state index contributed by atoms with van der Waals surface area (Å²) in [5.41, 5.74) is 0.934. The van der Waals surface area contributed by atoms with Crippen molar-refractivity contribution >= 4 is 29.3 Å². The van der Waals surface area contributed by atoms with Gasteiger partial charge in [-0.15, -0.1) is 16.8 Å². The van der Waals surface area contributed by atoms with Gasteiger partial charge in [0.05, 0.1) is 11.8 Å². The average molecular weight is 440 g/mol. The molecule has 3 rings (SSSR count). The summed E-state index contributed by atoms with van der Waals surface area (Å²) < 4.78 is 15.1. The van der Waals surface area contributed by atoms with Crippen molar-refractivity contribution < 1.29 is 14.0 Å². The van der Waals surface area contributed by atoms with Crippen LogP contribution in [0.25, 0.3) is 0 Å². The van der Waals surface area contributed by atoms with Crippen molar-refractivity contribution in [2.75, 3.05) is 11.1 Å². The van der Waals surface area contributed by atoms with E-state index in [1.807, 2.05) is 13.0 Å². The number of nitrogens with zero attached hydrogens (tertiary/aromatic N) is 3. The number of rotatable bonds is 9. The second kappa shape index (κ2) is 10.5. The highest BCUT2D eigenvalue weighted by atomic mass is 32.2. The van der Waals surface area contributed by atoms with Crippen LogP contribution in [-0.4, -0.2) is 32.3 Å². The number of anilines is 1. The summed E-state index contributed by atoms with van der Waals surface area (Å²) in [5.74, 6) is -0.318. The van der Waals surface area contributed by atoms with Crippen LogP contribution in [0.2, 0.25) is 0 Å². The van der Waals surface area contributed by atoms with Crippen LogP contribution in [0.3, 0.4) is 0 Å². The maximum atomic E-state index is 13.3. The first-order chi connectivity index (χ1) is 15.0. The monoisotopic (exact) mass is 439 g/mol. The van der Waals surface area contributed by atoms with Crippen molar-refractivity contribution in [1.82, 2.24) is 20.1 Å². The van der Waals surface area contributed by atoms with Crippen molar-refractivity contribution in [2.45, 2.75) is 24.7 Å². The van der Waals surface area contributed by atoms with Crippen LogP contribution in [0.5, 0.6) is 0 Å². The highest BCUT2D eigenvalue weighted by Crippen LogP contribution is 2.21. The Morgan fingerprint density at radius 1 is 1.19 bits per heavy atom. The lowest BCUT2D eigenvalue weighted by Crippen LogP contribution is -2.28. The van der Waals surface area contributed by atoms with Gasteiger partial charge in [-0.2, -0.15) is 0 Å². The lowest BCUT2D eigenvalue weighted by molar-refractivity contribution is -0.113. The molecular formula is C22H22FN5O2S. The molecule has 31 heavy (non-hydrogen) atoms.